The Kier molecular flexibility index (Phi) is 5.07. The molecule has 26 heavy (non-hydrogen) atoms. The molecule has 2 aromatic rings. The first-order valence-corrected chi connectivity index (χ1v) is 9.48. The second-order valence-electron chi connectivity index (χ2n) is 7.61. The summed E-state index contributed by atoms with van der Waals surface area (Å²) < 4.78 is 21.1. The molecule has 2 aliphatic rings. The minimum Gasteiger partial charge on any atom is -0.375 e. The number of nitrogens with zero attached hydrogens (tertiary/aromatic N) is 3. The van der Waals surface area contributed by atoms with Crippen LogP contribution in [0.25, 0.3) is 5.69 Å². The van der Waals surface area contributed by atoms with Gasteiger partial charge >= 0.3 is 0 Å². The molecule has 6 heteroatoms. The van der Waals surface area contributed by atoms with E-state index in [0.717, 1.165) is 57.6 Å². The van der Waals surface area contributed by atoms with E-state index in [0.29, 0.717) is 6.04 Å². The molecule has 4 rings (SSSR count). The highest BCUT2D eigenvalue weighted by Crippen LogP contribution is 2.35. The zero-order chi connectivity index (χ0) is 18.0. The van der Waals surface area contributed by atoms with E-state index in [1.807, 2.05) is 12.4 Å². The first-order valence-electron chi connectivity index (χ1n) is 9.48. The third-order valence-electron chi connectivity index (χ3n) is 5.76. The Morgan fingerprint density at radius 3 is 2.85 bits per heavy atom. The van der Waals surface area contributed by atoms with Crippen LogP contribution < -0.4 is 5.32 Å². The summed E-state index contributed by atoms with van der Waals surface area (Å²) in [6, 6.07) is 6.95. The van der Waals surface area contributed by atoms with Gasteiger partial charge < -0.3 is 10.1 Å². The summed E-state index contributed by atoms with van der Waals surface area (Å²) in [7, 11) is 2.19. The third kappa shape index (κ3) is 3.82. The van der Waals surface area contributed by atoms with E-state index < -0.39 is 0 Å². The Morgan fingerprint density at radius 1 is 1.31 bits per heavy atom. The van der Waals surface area contributed by atoms with E-state index in [1.165, 1.54) is 17.7 Å². The molecule has 2 fully saturated rings. The van der Waals surface area contributed by atoms with Gasteiger partial charge in [-0.25, -0.2) is 9.07 Å². The van der Waals surface area contributed by atoms with Gasteiger partial charge in [-0.2, -0.15) is 5.10 Å². The van der Waals surface area contributed by atoms with Crippen molar-refractivity contribution in [1.29, 1.82) is 0 Å². The molecule has 2 saturated heterocycles. The molecule has 1 aromatic heterocycles. The van der Waals surface area contributed by atoms with E-state index in [2.05, 4.69) is 22.4 Å². The highest BCUT2D eigenvalue weighted by atomic mass is 19.1. The smallest absolute Gasteiger partial charge is 0.123 e. The van der Waals surface area contributed by atoms with Crippen LogP contribution in [-0.4, -0.2) is 53.1 Å². The van der Waals surface area contributed by atoms with Crippen LogP contribution in [0, 0.1) is 5.82 Å². The van der Waals surface area contributed by atoms with Crippen LogP contribution in [0.4, 0.5) is 4.39 Å². The van der Waals surface area contributed by atoms with Crippen molar-refractivity contribution < 1.29 is 9.13 Å². The van der Waals surface area contributed by atoms with Crippen LogP contribution in [0.15, 0.2) is 36.7 Å². The van der Waals surface area contributed by atoms with Crippen molar-refractivity contribution in [3.8, 4) is 5.69 Å². The number of hydrogen-bond acceptors (Lipinski definition) is 4. The Hall–Kier alpha value is -1.76. The summed E-state index contributed by atoms with van der Waals surface area (Å²) in [6.07, 6.45) is 8.34. The minimum absolute atomic E-state index is 0.0702. The maximum atomic E-state index is 13.1. The zero-order valence-electron chi connectivity index (χ0n) is 15.3. The molecule has 1 unspecified atom stereocenters. The van der Waals surface area contributed by atoms with Crippen molar-refractivity contribution in [2.75, 3.05) is 26.7 Å². The van der Waals surface area contributed by atoms with Gasteiger partial charge in [-0.15, -0.1) is 0 Å². The van der Waals surface area contributed by atoms with E-state index >= 15 is 0 Å². The van der Waals surface area contributed by atoms with Crippen molar-refractivity contribution in [3.63, 3.8) is 0 Å². The SMILES string of the molecule is CN(Cc1cnn(-c2ccc(F)cc2)c1)C1CCOC2(CCNCC2)C1. The molecule has 140 valence electrons. The Morgan fingerprint density at radius 2 is 2.08 bits per heavy atom. The molecule has 5 nitrogen and oxygen atoms in total. The number of ether oxygens (including phenoxy) is 1. The number of nitrogens with one attached hydrogen (secondary N) is 1. The second kappa shape index (κ2) is 7.47. The molecule has 2 aliphatic heterocycles. The molecule has 0 amide bonds. The number of aromatic nitrogens is 2. The molecule has 0 aliphatic carbocycles. The van der Waals surface area contributed by atoms with Crippen LogP contribution in [0.5, 0.6) is 0 Å². The van der Waals surface area contributed by atoms with Gasteiger partial charge in [-0.3, -0.25) is 4.90 Å². The fourth-order valence-electron chi connectivity index (χ4n) is 4.20. The van der Waals surface area contributed by atoms with Gasteiger partial charge in [-0.05, 0) is 70.1 Å². The van der Waals surface area contributed by atoms with Crippen LogP contribution in [0.1, 0.15) is 31.2 Å². The number of halogens is 1. The maximum Gasteiger partial charge on any atom is 0.123 e. The first kappa shape index (κ1) is 17.6. The van der Waals surface area contributed by atoms with E-state index in [9.17, 15) is 4.39 Å². The highest BCUT2D eigenvalue weighted by Gasteiger charge is 2.39. The van der Waals surface area contributed by atoms with Gasteiger partial charge in [0.1, 0.15) is 5.82 Å². The molecule has 3 heterocycles. The van der Waals surface area contributed by atoms with Crippen LogP contribution >= 0.6 is 0 Å². The normalized spacial score (nSPS) is 22.8. The fourth-order valence-corrected chi connectivity index (χ4v) is 4.20. The van der Waals surface area contributed by atoms with E-state index in [-0.39, 0.29) is 11.4 Å². The van der Waals surface area contributed by atoms with Crippen LogP contribution in [0.3, 0.4) is 0 Å². The average Bonchev–Trinajstić information content (AvgIpc) is 3.11. The standard InChI is InChI=1S/C20H27FN4O/c1-24(19-6-11-26-20(12-19)7-9-22-10-8-20)14-16-13-23-25(15-16)18-4-2-17(21)3-5-18/h2-5,13,15,19,22H,6-12,14H2,1H3. The lowest BCUT2D eigenvalue weighted by Gasteiger charge is -2.46. The van der Waals surface area contributed by atoms with Gasteiger partial charge in [0.2, 0.25) is 0 Å². The van der Waals surface area contributed by atoms with Gasteiger partial charge in [0.25, 0.3) is 0 Å². The molecule has 1 atom stereocenters. The molecule has 1 N–H and O–H groups in total. The van der Waals surface area contributed by atoms with Gasteiger partial charge in [-0.1, -0.05) is 0 Å². The molecule has 0 bridgehead atoms. The van der Waals surface area contributed by atoms with Gasteiger partial charge in [0.05, 0.1) is 17.5 Å². The van der Waals surface area contributed by atoms with Crippen molar-refractivity contribution in [2.24, 2.45) is 0 Å². The Labute approximate surface area is 154 Å². The Bertz CT molecular complexity index is 718. The van der Waals surface area contributed by atoms with Gasteiger partial charge in [0, 0.05) is 31.0 Å². The minimum atomic E-state index is -0.229. The van der Waals surface area contributed by atoms with E-state index in [4.69, 9.17) is 4.74 Å². The maximum absolute atomic E-state index is 13.1. The van der Waals surface area contributed by atoms with E-state index in [1.54, 1.807) is 16.8 Å². The van der Waals surface area contributed by atoms with Crippen molar-refractivity contribution in [3.05, 3.63) is 48.0 Å². The summed E-state index contributed by atoms with van der Waals surface area (Å²) in [6.45, 7) is 3.83. The zero-order valence-corrected chi connectivity index (χ0v) is 15.3. The van der Waals surface area contributed by atoms with Crippen molar-refractivity contribution in [2.45, 2.75) is 43.9 Å². The largest absolute Gasteiger partial charge is 0.375 e. The van der Waals surface area contributed by atoms with Crippen molar-refractivity contribution in [1.82, 2.24) is 20.0 Å². The molecule has 1 spiro atoms. The summed E-state index contributed by atoms with van der Waals surface area (Å²) in [5.41, 5.74) is 2.11. The molecule has 0 saturated carbocycles. The highest BCUT2D eigenvalue weighted by molar-refractivity contribution is 5.31. The number of benzene rings is 1. The summed E-state index contributed by atoms with van der Waals surface area (Å²) in [4.78, 5) is 2.43. The number of rotatable bonds is 4. The fraction of sp³-hybridized carbons (Fsp3) is 0.550. The molecule has 0 radical (unpaired) electrons. The van der Waals surface area contributed by atoms with Crippen LogP contribution in [0.2, 0.25) is 0 Å². The quantitative estimate of drug-likeness (QED) is 0.913. The molecular formula is C20H27FN4O. The van der Waals surface area contributed by atoms with Gasteiger partial charge in [0.15, 0.2) is 0 Å². The second-order valence-corrected chi connectivity index (χ2v) is 7.61. The lowest BCUT2D eigenvalue weighted by atomic mass is 9.82. The predicted molar refractivity (Wildman–Crippen MR) is 98.8 cm³/mol. The average molecular weight is 358 g/mol. The topological polar surface area (TPSA) is 42.3 Å². The molecule has 1 aromatic carbocycles. The lowest BCUT2D eigenvalue weighted by Crippen LogP contribution is -2.52. The summed E-state index contributed by atoms with van der Waals surface area (Å²) >= 11 is 0. The third-order valence-corrected chi connectivity index (χ3v) is 5.76. The first-order chi connectivity index (χ1) is 12.6. The number of hydrogen-bond donors (Lipinski definition) is 1. The summed E-state index contributed by atoms with van der Waals surface area (Å²) in [5, 5.41) is 7.87. The molecular weight excluding hydrogens is 331 g/mol. The Balaban J connectivity index is 1.40. The number of piperidine rings is 1. The lowest BCUT2D eigenvalue weighted by molar-refractivity contribution is -0.119. The van der Waals surface area contributed by atoms with Crippen molar-refractivity contribution >= 4 is 0 Å². The predicted octanol–water partition coefficient (Wildman–Crippen LogP) is 2.74. The summed E-state index contributed by atoms with van der Waals surface area (Å²) in [5.74, 6) is -0.229. The monoisotopic (exact) mass is 358 g/mol. The van der Waals surface area contributed by atoms with Crippen LogP contribution in [-0.2, 0) is 11.3 Å².